The van der Waals surface area contributed by atoms with Crippen LogP contribution in [0.1, 0.15) is 33.4 Å². The summed E-state index contributed by atoms with van der Waals surface area (Å²) in [4.78, 5) is 0. The molecule has 66 heavy (non-hydrogen) atoms. The normalized spacial score (nSPS) is 25.4. The lowest BCUT2D eigenvalue weighted by Gasteiger charge is -2.47. The Kier molecular flexibility index (Phi) is 18.0. The van der Waals surface area contributed by atoms with Gasteiger partial charge in [-0.05, 0) is 33.4 Å². The van der Waals surface area contributed by atoms with E-state index in [4.69, 9.17) is 47.4 Å². The van der Waals surface area contributed by atoms with Crippen molar-refractivity contribution in [2.75, 3.05) is 20.3 Å². The molecule has 0 aromatic heterocycles. The average Bonchev–Trinajstić information content (AvgIpc) is 3.37. The molecule has 2 heterocycles. The zero-order valence-electron chi connectivity index (χ0n) is 37.3. The van der Waals surface area contributed by atoms with Gasteiger partial charge in [0.1, 0.15) is 48.8 Å². The van der Waals surface area contributed by atoms with E-state index in [1.165, 1.54) is 0 Å². The van der Waals surface area contributed by atoms with Crippen LogP contribution in [-0.2, 0) is 87.0 Å². The fraction of sp³-hybridized carbons (Fsp3) is 0.345. The number of hydrogen-bond acceptors (Lipinski definition) is 11. The Hall–Kier alpha value is -5.12. The first-order chi connectivity index (χ1) is 32.6. The molecule has 0 amide bonds. The van der Waals surface area contributed by atoms with E-state index in [-0.39, 0.29) is 39.6 Å². The van der Waals surface area contributed by atoms with E-state index in [1.54, 1.807) is 7.11 Å². The maximum atomic E-state index is 12.3. The SMILES string of the molecule is CO[C@H]1O[C@H](CO[C@@H]2O[C@H](COCc3ccccc3)[C@@H](OCc3ccccc3)[C@H](OCc3ccccc3)[C@@H]2O)[C@@H](OCc2ccccc2)[C@H](OCc2ccccc2)[C@@H]1OCc1ccccc1. The van der Waals surface area contributed by atoms with E-state index in [9.17, 15) is 5.11 Å². The highest BCUT2D eigenvalue weighted by molar-refractivity contribution is 5.18. The summed E-state index contributed by atoms with van der Waals surface area (Å²) in [7, 11) is 1.58. The van der Waals surface area contributed by atoms with Crippen LogP contribution >= 0.6 is 0 Å². The fourth-order valence-corrected chi connectivity index (χ4v) is 8.22. The Morgan fingerprint density at radius 2 is 0.667 bits per heavy atom. The van der Waals surface area contributed by atoms with Crippen molar-refractivity contribution in [3.8, 4) is 0 Å². The first-order valence-electron chi connectivity index (χ1n) is 22.6. The van der Waals surface area contributed by atoms with Gasteiger partial charge in [0.25, 0.3) is 0 Å². The molecule has 10 atom stereocenters. The number of aliphatic hydroxyl groups excluding tert-OH is 1. The van der Waals surface area contributed by atoms with Crippen LogP contribution in [0.2, 0.25) is 0 Å². The summed E-state index contributed by atoms with van der Waals surface area (Å²) < 4.78 is 65.9. The molecule has 0 aliphatic carbocycles. The van der Waals surface area contributed by atoms with E-state index in [2.05, 4.69) is 0 Å². The van der Waals surface area contributed by atoms with E-state index in [0.29, 0.717) is 13.2 Å². The van der Waals surface area contributed by atoms with Crippen LogP contribution in [0.4, 0.5) is 0 Å². The summed E-state index contributed by atoms with van der Waals surface area (Å²) in [5.41, 5.74) is 5.87. The molecule has 0 radical (unpaired) electrons. The Bertz CT molecular complexity index is 2220. The van der Waals surface area contributed by atoms with E-state index >= 15 is 0 Å². The van der Waals surface area contributed by atoms with E-state index < -0.39 is 61.4 Å². The third-order valence-corrected chi connectivity index (χ3v) is 11.7. The quantitative estimate of drug-likeness (QED) is 0.0668. The predicted octanol–water partition coefficient (Wildman–Crippen LogP) is 8.60. The minimum atomic E-state index is -1.28. The summed E-state index contributed by atoms with van der Waals surface area (Å²) in [6.45, 7) is 1.74. The van der Waals surface area contributed by atoms with Gasteiger partial charge in [-0.15, -0.1) is 0 Å². The Labute approximate surface area is 388 Å². The molecule has 0 saturated carbocycles. The molecule has 11 heteroatoms. The molecule has 2 saturated heterocycles. The maximum absolute atomic E-state index is 12.3. The highest BCUT2D eigenvalue weighted by Gasteiger charge is 2.51. The van der Waals surface area contributed by atoms with Gasteiger partial charge in [-0.2, -0.15) is 0 Å². The van der Waals surface area contributed by atoms with Crippen LogP contribution in [0.15, 0.2) is 182 Å². The molecule has 11 nitrogen and oxygen atoms in total. The second kappa shape index (κ2) is 25.1. The van der Waals surface area contributed by atoms with Crippen molar-refractivity contribution in [3.63, 3.8) is 0 Å². The molecular weight excluding hydrogens is 837 g/mol. The number of benzene rings is 6. The van der Waals surface area contributed by atoms with Crippen molar-refractivity contribution in [2.24, 2.45) is 0 Å². The molecule has 346 valence electrons. The topological polar surface area (TPSA) is 113 Å². The molecule has 6 aromatic carbocycles. The van der Waals surface area contributed by atoms with Crippen LogP contribution in [0.3, 0.4) is 0 Å². The van der Waals surface area contributed by atoms with Gasteiger partial charge in [0.15, 0.2) is 12.6 Å². The average molecular weight is 897 g/mol. The Morgan fingerprint density at radius 1 is 0.348 bits per heavy atom. The first kappa shape index (κ1) is 47.4. The molecule has 0 bridgehead atoms. The number of hydrogen-bond donors (Lipinski definition) is 1. The largest absolute Gasteiger partial charge is 0.385 e. The molecule has 2 aliphatic rings. The van der Waals surface area contributed by atoms with E-state index in [1.807, 2.05) is 182 Å². The highest BCUT2D eigenvalue weighted by Crippen LogP contribution is 2.34. The zero-order valence-corrected chi connectivity index (χ0v) is 37.3. The van der Waals surface area contributed by atoms with Crippen molar-refractivity contribution in [1.29, 1.82) is 0 Å². The van der Waals surface area contributed by atoms with Gasteiger partial charge >= 0.3 is 0 Å². The molecule has 2 aliphatic heterocycles. The predicted molar refractivity (Wildman–Crippen MR) is 247 cm³/mol. The van der Waals surface area contributed by atoms with Gasteiger partial charge in [0, 0.05) is 7.11 Å². The van der Waals surface area contributed by atoms with Crippen LogP contribution < -0.4 is 0 Å². The molecule has 2 fully saturated rings. The second-order valence-corrected chi connectivity index (χ2v) is 16.5. The standard InChI is InChI=1S/C55H60O11/c1-57-55-53(63-37-45-30-18-7-19-31-45)52(62-36-44-28-16-6-17-29-44)50(60-34-42-24-12-4-13-25-42)47(66-55)39-64-54-48(56)51(61-35-43-26-14-5-15-27-43)49(59-33-41-22-10-3-11-23-41)46(65-54)38-58-32-40-20-8-2-9-21-40/h2-31,46-56H,32-39H2,1H3/t46-,47-,48+,49-,50-,51-,52+,53+,54-,55+/m1/s1. The summed E-state index contributed by atoms with van der Waals surface area (Å²) >= 11 is 0. The smallest absolute Gasteiger partial charge is 0.186 e. The molecule has 1 N–H and O–H groups in total. The summed E-state index contributed by atoms with van der Waals surface area (Å²) in [6.07, 6.45) is -8.50. The molecule has 6 aromatic rings. The first-order valence-corrected chi connectivity index (χ1v) is 22.6. The van der Waals surface area contributed by atoms with Gasteiger partial charge in [-0.25, -0.2) is 0 Å². The van der Waals surface area contributed by atoms with Crippen LogP contribution in [-0.4, -0.2) is 86.8 Å². The van der Waals surface area contributed by atoms with Crippen LogP contribution in [0.25, 0.3) is 0 Å². The second-order valence-electron chi connectivity index (χ2n) is 16.5. The van der Waals surface area contributed by atoms with Crippen molar-refractivity contribution in [1.82, 2.24) is 0 Å². The third-order valence-electron chi connectivity index (χ3n) is 11.7. The van der Waals surface area contributed by atoms with Gasteiger partial charge in [-0.1, -0.05) is 182 Å². The van der Waals surface area contributed by atoms with Crippen LogP contribution in [0, 0.1) is 0 Å². The summed E-state index contributed by atoms with van der Waals surface area (Å²) in [5.74, 6) is 0. The van der Waals surface area contributed by atoms with Gasteiger partial charge in [-0.3, -0.25) is 0 Å². The van der Waals surface area contributed by atoms with Crippen molar-refractivity contribution in [3.05, 3.63) is 215 Å². The zero-order chi connectivity index (χ0) is 45.2. The minimum absolute atomic E-state index is 0.0732. The highest BCUT2D eigenvalue weighted by atomic mass is 16.7. The number of ether oxygens (including phenoxy) is 10. The molecular formula is C55H60O11. The summed E-state index contributed by atoms with van der Waals surface area (Å²) in [5, 5.41) is 12.3. The molecule has 0 spiro atoms. The monoisotopic (exact) mass is 896 g/mol. The van der Waals surface area contributed by atoms with Gasteiger partial charge in [0.2, 0.25) is 0 Å². The lowest BCUT2D eigenvalue weighted by molar-refractivity contribution is -0.346. The van der Waals surface area contributed by atoms with Gasteiger partial charge in [0.05, 0.1) is 52.9 Å². The van der Waals surface area contributed by atoms with E-state index in [0.717, 1.165) is 33.4 Å². The third kappa shape index (κ3) is 13.5. The van der Waals surface area contributed by atoms with Crippen molar-refractivity contribution >= 4 is 0 Å². The lowest BCUT2D eigenvalue weighted by atomic mass is 9.97. The van der Waals surface area contributed by atoms with Gasteiger partial charge < -0.3 is 52.5 Å². The van der Waals surface area contributed by atoms with Crippen molar-refractivity contribution in [2.45, 2.75) is 101 Å². The fourth-order valence-electron chi connectivity index (χ4n) is 8.22. The molecule has 0 unspecified atom stereocenters. The summed E-state index contributed by atoms with van der Waals surface area (Å²) in [6, 6.07) is 59.5. The van der Waals surface area contributed by atoms with Crippen molar-refractivity contribution < 1.29 is 52.5 Å². The molecule has 8 rings (SSSR count). The number of rotatable bonds is 23. The minimum Gasteiger partial charge on any atom is -0.385 e. The Morgan fingerprint density at radius 3 is 1.08 bits per heavy atom. The number of aliphatic hydroxyl groups is 1. The number of methoxy groups -OCH3 is 1. The maximum Gasteiger partial charge on any atom is 0.186 e. The Balaban J connectivity index is 1.07. The van der Waals surface area contributed by atoms with Crippen LogP contribution in [0.5, 0.6) is 0 Å². The lowest BCUT2D eigenvalue weighted by Crippen LogP contribution is -2.63.